The van der Waals surface area contributed by atoms with Crippen LogP contribution in [-0.4, -0.2) is 43.1 Å². The van der Waals surface area contributed by atoms with Gasteiger partial charge in [-0.05, 0) is 60.5 Å². The highest BCUT2D eigenvalue weighted by atomic mass is 16.5. The molecule has 0 radical (unpaired) electrons. The van der Waals surface area contributed by atoms with Gasteiger partial charge in [0.15, 0.2) is 0 Å². The SMILES string of the molecule is C=C(C)c1ccc(OC)c(CN[C@H]2[C@H]3CCN(C[C@@H]3CC(N)=O)[C@@H]2C(c2ccccc2)c2ccccc2)c1. The second-order valence-corrected chi connectivity index (χ2v) is 10.9. The Hall–Kier alpha value is -3.41. The lowest BCUT2D eigenvalue weighted by molar-refractivity contribution is -0.122. The molecule has 0 aliphatic carbocycles. The normalized spacial score (nSPS) is 24.3. The molecule has 198 valence electrons. The molecule has 3 saturated heterocycles. The van der Waals surface area contributed by atoms with Crippen LogP contribution in [0.1, 0.15) is 47.9 Å². The van der Waals surface area contributed by atoms with E-state index in [0.29, 0.717) is 18.9 Å². The van der Waals surface area contributed by atoms with E-state index in [1.54, 1.807) is 7.11 Å². The number of rotatable bonds is 10. The molecule has 3 N–H and O–H groups in total. The number of ether oxygens (including phenoxy) is 1. The summed E-state index contributed by atoms with van der Waals surface area (Å²) in [5.41, 5.74) is 11.6. The highest BCUT2D eigenvalue weighted by molar-refractivity contribution is 5.74. The molecule has 3 aromatic carbocycles. The molecule has 3 aliphatic rings. The number of hydrogen-bond acceptors (Lipinski definition) is 4. The molecule has 3 aromatic rings. The summed E-state index contributed by atoms with van der Waals surface area (Å²) in [4.78, 5) is 14.6. The van der Waals surface area contributed by atoms with Crippen molar-refractivity contribution in [1.82, 2.24) is 10.2 Å². The van der Waals surface area contributed by atoms with E-state index < -0.39 is 0 Å². The zero-order valence-corrected chi connectivity index (χ0v) is 22.5. The lowest BCUT2D eigenvalue weighted by atomic mass is 9.66. The van der Waals surface area contributed by atoms with Crippen molar-refractivity contribution < 1.29 is 9.53 Å². The topological polar surface area (TPSA) is 67.6 Å². The quantitative estimate of drug-likeness (QED) is 0.394. The molecule has 3 aliphatic heterocycles. The fraction of sp³-hybridized carbons (Fsp3) is 0.364. The first-order valence-corrected chi connectivity index (χ1v) is 13.6. The van der Waals surface area contributed by atoms with Gasteiger partial charge in [0.05, 0.1) is 7.11 Å². The van der Waals surface area contributed by atoms with Crippen LogP contribution < -0.4 is 15.8 Å². The van der Waals surface area contributed by atoms with Crippen molar-refractivity contribution >= 4 is 11.5 Å². The second kappa shape index (κ2) is 11.5. The number of allylic oxidation sites excluding steroid dienone is 1. The molecule has 1 amide bonds. The Bertz CT molecular complexity index is 1220. The molecule has 5 nitrogen and oxygen atoms in total. The number of fused-ring (bicyclic) bond motifs is 3. The average molecular weight is 510 g/mol. The van der Waals surface area contributed by atoms with E-state index in [2.05, 4.69) is 89.6 Å². The van der Waals surface area contributed by atoms with Crippen LogP contribution in [0.25, 0.3) is 5.57 Å². The van der Waals surface area contributed by atoms with Gasteiger partial charge in [-0.1, -0.05) is 78.9 Å². The van der Waals surface area contributed by atoms with Crippen LogP contribution in [0.15, 0.2) is 85.4 Å². The first-order chi connectivity index (χ1) is 18.5. The van der Waals surface area contributed by atoms with Gasteiger partial charge in [0.2, 0.25) is 5.91 Å². The number of nitrogens with two attached hydrogens (primary N) is 1. The smallest absolute Gasteiger partial charge is 0.217 e. The van der Waals surface area contributed by atoms with Crippen molar-refractivity contribution in [3.63, 3.8) is 0 Å². The summed E-state index contributed by atoms with van der Waals surface area (Å²) in [6.07, 6.45) is 1.49. The molecular formula is C33H39N3O2. The Kier molecular flexibility index (Phi) is 7.96. The summed E-state index contributed by atoms with van der Waals surface area (Å²) < 4.78 is 5.73. The summed E-state index contributed by atoms with van der Waals surface area (Å²) in [5, 5.41) is 3.98. The van der Waals surface area contributed by atoms with Gasteiger partial charge in [0, 0.05) is 43.1 Å². The maximum absolute atomic E-state index is 12.0. The van der Waals surface area contributed by atoms with Gasteiger partial charge in [0.25, 0.3) is 0 Å². The second-order valence-electron chi connectivity index (χ2n) is 10.9. The van der Waals surface area contributed by atoms with Gasteiger partial charge in [0.1, 0.15) is 5.75 Å². The lowest BCUT2D eigenvalue weighted by Gasteiger charge is -2.57. The van der Waals surface area contributed by atoms with Crippen LogP contribution in [0, 0.1) is 11.8 Å². The van der Waals surface area contributed by atoms with Crippen LogP contribution in [0.2, 0.25) is 0 Å². The van der Waals surface area contributed by atoms with Gasteiger partial charge < -0.3 is 15.8 Å². The fourth-order valence-corrected chi connectivity index (χ4v) is 6.78. The van der Waals surface area contributed by atoms with E-state index in [0.717, 1.165) is 42.0 Å². The molecule has 3 fully saturated rings. The summed E-state index contributed by atoms with van der Waals surface area (Å²) >= 11 is 0. The maximum atomic E-state index is 12.0. The number of carbonyl (C=O) groups excluding carboxylic acids is 1. The Balaban J connectivity index is 1.54. The largest absolute Gasteiger partial charge is 0.496 e. The van der Waals surface area contributed by atoms with E-state index in [4.69, 9.17) is 10.5 Å². The van der Waals surface area contributed by atoms with Crippen LogP contribution >= 0.6 is 0 Å². The zero-order chi connectivity index (χ0) is 26.6. The Morgan fingerprint density at radius 3 is 2.32 bits per heavy atom. The van der Waals surface area contributed by atoms with Crippen molar-refractivity contribution in [1.29, 1.82) is 0 Å². The number of carbonyl (C=O) groups is 1. The lowest BCUT2D eigenvalue weighted by Crippen LogP contribution is -2.67. The van der Waals surface area contributed by atoms with Crippen molar-refractivity contribution in [2.75, 3.05) is 20.2 Å². The third-order valence-electron chi connectivity index (χ3n) is 8.50. The third kappa shape index (κ3) is 5.40. The minimum Gasteiger partial charge on any atom is -0.496 e. The molecule has 6 rings (SSSR count). The number of primary amides is 1. The molecule has 0 saturated carbocycles. The molecular weight excluding hydrogens is 470 g/mol. The van der Waals surface area contributed by atoms with Gasteiger partial charge in [-0.15, -0.1) is 0 Å². The molecule has 0 aromatic heterocycles. The predicted octanol–water partition coefficient (Wildman–Crippen LogP) is 5.21. The molecule has 5 atom stereocenters. The monoisotopic (exact) mass is 509 g/mol. The van der Waals surface area contributed by atoms with E-state index in [9.17, 15) is 4.79 Å². The first kappa shape index (κ1) is 26.2. The van der Waals surface area contributed by atoms with Gasteiger partial charge >= 0.3 is 0 Å². The van der Waals surface area contributed by atoms with E-state index >= 15 is 0 Å². The Labute approximate surface area is 226 Å². The molecule has 2 bridgehead atoms. The Morgan fingerprint density at radius 1 is 1.08 bits per heavy atom. The molecule has 1 unspecified atom stereocenters. The number of methoxy groups -OCH3 is 1. The van der Waals surface area contributed by atoms with E-state index in [1.165, 1.54) is 11.1 Å². The van der Waals surface area contributed by atoms with Crippen LogP contribution in [0.5, 0.6) is 5.75 Å². The highest BCUT2D eigenvalue weighted by Crippen LogP contribution is 2.45. The number of benzene rings is 3. The fourth-order valence-electron chi connectivity index (χ4n) is 6.78. The number of nitrogens with one attached hydrogen (secondary N) is 1. The first-order valence-electron chi connectivity index (χ1n) is 13.6. The molecule has 38 heavy (non-hydrogen) atoms. The van der Waals surface area contributed by atoms with Gasteiger partial charge in [-0.25, -0.2) is 0 Å². The van der Waals surface area contributed by atoms with Crippen LogP contribution in [-0.2, 0) is 11.3 Å². The van der Waals surface area contributed by atoms with Crippen molar-refractivity contribution in [2.45, 2.75) is 44.3 Å². The number of amides is 1. The van der Waals surface area contributed by atoms with Crippen molar-refractivity contribution in [3.8, 4) is 5.75 Å². The zero-order valence-electron chi connectivity index (χ0n) is 22.5. The summed E-state index contributed by atoms with van der Waals surface area (Å²) in [6, 6.07) is 28.4. The van der Waals surface area contributed by atoms with E-state index in [1.807, 2.05) is 13.0 Å². The van der Waals surface area contributed by atoms with Gasteiger partial charge in [-0.3, -0.25) is 9.69 Å². The summed E-state index contributed by atoms with van der Waals surface area (Å²) in [7, 11) is 1.72. The number of hydrogen-bond donors (Lipinski definition) is 2. The highest BCUT2D eigenvalue weighted by Gasteiger charge is 2.50. The Morgan fingerprint density at radius 2 is 1.74 bits per heavy atom. The van der Waals surface area contributed by atoms with E-state index in [-0.39, 0.29) is 29.8 Å². The summed E-state index contributed by atoms with van der Waals surface area (Å²) in [6.45, 7) is 8.78. The standard InChI is InChI=1S/C33H39N3O2/c1-22(2)25-14-15-29(38-3)26(18-25)20-35-32-28-16-17-36(21-27(28)19-30(34)37)33(32)31(23-10-6-4-7-11-23)24-12-8-5-9-13-24/h4-15,18,27-28,31-33,35H,1,16-17,19-21H2,2-3H3,(H2,34,37)/t27-,28-,32-,33+/m0/s1. The predicted molar refractivity (Wildman–Crippen MR) is 154 cm³/mol. The maximum Gasteiger partial charge on any atom is 0.217 e. The summed E-state index contributed by atoms with van der Waals surface area (Å²) in [5.74, 6) is 1.48. The number of piperidine rings is 3. The third-order valence-corrected chi connectivity index (χ3v) is 8.50. The average Bonchev–Trinajstić information content (AvgIpc) is 2.93. The van der Waals surface area contributed by atoms with Crippen LogP contribution in [0.3, 0.4) is 0 Å². The van der Waals surface area contributed by atoms with Crippen LogP contribution in [0.4, 0.5) is 0 Å². The minimum absolute atomic E-state index is 0.186. The minimum atomic E-state index is -0.211. The number of nitrogens with zero attached hydrogens (tertiary/aromatic N) is 1. The molecule has 3 heterocycles. The van der Waals surface area contributed by atoms with Crippen molar-refractivity contribution in [3.05, 3.63) is 108 Å². The van der Waals surface area contributed by atoms with Gasteiger partial charge in [-0.2, -0.15) is 0 Å². The molecule has 0 spiro atoms. The van der Waals surface area contributed by atoms with Crippen molar-refractivity contribution in [2.24, 2.45) is 17.6 Å². The molecule has 5 heteroatoms.